The van der Waals surface area contributed by atoms with Crippen molar-refractivity contribution in [3.63, 3.8) is 0 Å². The van der Waals surface area contributed by atoms with Crippen molar-refractivity contribution >= 4 is 15.9 Å². The number of hydrogen-bond acceptors (Lipinski definition) is 2. The van der Waals surface area contributed by atoms with Gasteiger partial charge in [0.25, 0.3) is 0 Å². The van der Waals surface area contributed by atoms with Gasteiger partial charge in [0.2, 0.25) is 0 Å². The number of halogens is 1. The third-order valence-electron chi connectivity index (χ3n) is 2.12. The lowest BCUT2D eigenvalue weighted by Gasteiger charge is -2.12. The van der Waals surface area contributed by atoms with Crippen molar-refractivity contribution in [3.05, 3.63) is 22.2 Å². The van der Waals surface area contributed by atoms with E-state index in [1.807, 2.05) is 12.1 Å². The van der Waals surface area contributed by atoms with Crippen LogP contribution in [-0.2, 0) is 6.42 Å². The van der Waals surface area contributed by atoms with Crippen molar-refractivity contribution in [3.8, 4) is 11.5 Å². The summed E-state index contributed by atoms with van der Waals surface area (Å²) < 4.78 is 11.5. The van der Waals surface area contributed by atoms with Crippen molar-refractivity contribution in [2.24, 2.45) is 0 Å². The molecule has 1 aromatic carbocycles. The fourth-order valence-electron chi connectivity index (χ4n) is 1.46. The van der Waals surface area contributed by atoms with Crippen LogP contribution in [0.2, 0.25) is 0 Å². The van der Waals surface area contributed by atoms with Crippen LogP contribution in [0.4, 0.5) is 0 Å². The molecule has 84 valence electrons. The molecule has 0 fully saturated rings. The van der Waals surface area contributed by atoms with Crippen LogP contribution in [0, 0.1) is 0 Å². The van der Waals surface area contributed by atoms with Gasteiger partial charge in [-0.2, -0.15) is 0 Å². The van der Waals surface area contributed by atoms with E-state index in [0.717, 1.165) is 28.0 Å². The first-order valence-corrected chi connectivity index (χ1v) is 5.61. The normalized spacial score (nSPS) is 12.3. The third-order valence-corrected chi connectivity index (χ3v) is 2.74. The number of benzene rings is 1. The number of rotatable bonds is 4. The van der Waals surface area contributed by atoms with E-state index in [4.69, 9.17) is 9.47 Å². The molecule has 0 amide bonds. The number of methoxy groups -OCH3 is 2. The first kappa shape index (κ1) is 12.3. The zero-order valence-corrected chi connectivity index (χ0v) is 10.9. The van der Waals surface area contributed by atoms with Gasteiger partial charge in [0.1, 0.15) is 11.5 Å². The summed E-state index contributed by atoms with van der Waals surface area (Å²) in [5.41, 5.74) is 5.10. The lowest BCUT2D eigenvalue weighted by Crippen LogP contribution is -2.60. The molecule has 15 heavy (non-hydrogen) atoms. The largest absolute Gasteiger partial charge is 0.496 e. The monoisotopic (exact) mass is 274 g/mol. The standard InChI is InChI=1S/C11H16BrNO2/c1-7(13)4-8-5-11(15-3)9(12)6-10(8)14-2/h5-7H,4,13H2,1-3H3/p+1/t7-/m0/s1. The van der Waals surface area contributed by atoms with Gasteiger partial charge in [0.15, 0.2) is 0 Å². The topological polar surface area (TPSA) is 46.1 Å². The highest BCUT2D eigenvalue weighted by Crippen LogP contribution is 2.33. The molecule has 1 rings (SSSR count). The molecule has 0 aromatic heterocycles. The van der Waals surface area contributed by atoms with Crippen LogP contribution in [-0.4, -0.2) is 20.3 Å². The quantitative estimate of drug-likeness (QED) is 0.908. The summed E-state index contributed by atoms with van der Waals surface area (Å²) in [6.45, 7) is 2.08. The Morgan fingerprint density at radius 1 is 1.27 bits per heavy atom. The van der Waals surface area contributed by atoms with Crippen LogP contribution >= 0.6 is 15.9 Å². The van der Waals surface area contributed by atoms with Crippen LogP contribution in [0.5, 0.6) is 11.5 Å². The van der Waals surface area contributed by atoms with Crippen LogP contribution < -0.4 is 15.2 Å². The van der Waals surface area contributed by atoms with E-state index in [-0.39, 0.29) is 0 Å². The fourth-order valence-corrected chi connectivity index (χ4v) is 1.94. The van der Waals surface area contributed by atoms with Crippen molar-refractivity contribution in [2.75, 3.05) is 14.2 Å². The predicted molar refractivity (Wildman–Crippen MR) is 63.3 cm³/mol. The van der Waals surface area contributed by atoms with Gasteiger partial charge in [-0.15, -0.1) is 0 Å². The predicted octanol–water partition coefficient (Wildman–Crippen LogP) is 1.64. The van der Waals surface area contributed by atoms with Gasteiger partial charge in [-0.3, -0.25) is 0 Å². The maximum atomic E-state index is 5.31. The molecule has 0 bridgehead atoms. The molecule has 1 atom stereocenters. The Morgan fingerprint density at radius 2 is 1.87 bits per heavy atom. The Kier molecular flexibility index (Phi) is 4.42. The van der Waals surface area contributed by atoms with Crippen molar-refractivity contribution < 1.29 is 15.2 Å². The molecular formula is C11H17BrNO2+. The number of hydrogen-bond donors (Lipinski definition) is 1. The molecule has 1 aromatic rings. The third kappa shape index (κ3) is 3.11. The summed E-state index contributed by atoms with van der Waals surface area (Å²) in [5, 5.41) is 0. The van der Waals surface area contributed by atoms with Crippen molar-refractivity contribution in [1.82, 2.24) is 0 Å². The molecular weight excluding hydrogens is 258 g/mol. The molecule has 3 nitrogen and oxygen atoms in total. The molecule has 4 heteroatoms. The Morgan fingerprint density at radius 3 is 2.33 bits per heavy atom. The highest BCUT2D eigenvalue weighted by molar-refractivity contribution is 9.10. The minimum Gasteiger partial charge on any atom is -0.496 e. The molecule has 0 aliphatic carbocycles. The Bertz CT molecular complexity index is 340. The zero-order chi connectivity index (χ0) is 11.4. The van der Waals surface area contributed by atoms with Gasteiger partial charge in [-0.25, -0.2) is 0 Å². The van der Waals surface area contributed by atoms with Gasteiger partial charge in [0.05, 0.1) is 24.7 Å². The Hall–Kier alpha value is -0.740. The van der Waals surface area contributed by atoms with Gasteiger partial charge < -0.3 is 15.2 Å². The first-order chi connectivity index (χ1) is 7.08. The van der Waals surface area contributed by atoms with E-state index in [1.165, 1.54) is 0 Å². The van der Waals surface area contributed by atoms with Crippen LogP contribution in [0.15, 0.2) is 16.6 Å². The number of ether oxygens (including phenoxy) is 2. The average molecular weight is 275 g/mol. The molecule has 0 unspecified atom stereocenters. The molecule has 3 N–H and O–H groups in total. The summed E-state index contributed by atoms with van der Waals surface area (Å²) in [4.78, 5) is 0. The van der Waals surface area contributed by atoms with E-state index < -0.39 is 0 Å². The second-order valence-corrected chi connectivity index (χ2v) is 4.46. The lowest BCUT2D eigenvalue weighted by atomic mass is 10.1. The van der Waals surface area contributed by atoms with E-state index >= 15 is 0 Å². The second-order valence-electron chi connectivity index (χ2n) is 3.61. The summed E-state index contributed by atoms with van der Waals surface area (Å²) in [6.07, 6.45) is 0.882. The second kappa shape index (κ2) is 5.37. The van der Waals surface area contributed by atoms with E-state index in [2.05, 4.69) is 28.6 Å². The highest BCUT2D eigenvalue weighted by atomic mass is 79.9. The summed E-state index contributed by atoms with van der Waals surface area (Å²) in [6, 6.07) is 4.27. The summed E-state index contributed by atoms with van der Waals surface area (Å²) in [7, 11) is 3.33. The molecule has 0 heterocycles. The SMILES string of the molecule is COc1cc(C[C@H](C)[NH3+])c(OC)cc1Br. The van der Waals surface area contributed by atoms with Crippen LogP contribution in [0.1, 0.15) is 12.5 Å². The summed E-state index contributed by atoms with van der Waals surface area (Å²) in [5.74, 6) is 1.70. The minimum atomic E-state index is 0.352. The Labute approximate surface area is 98.7 Å². The van der Waals surface area contributed by atoms with Crippen LogP contribution in [0.3, 0.4) is 0 Å². The van der Waals surface area contributed by atoms with Gasteiger partial charge in [-0.1, -0.05) is 0 Å². The maximum absolute atomic E-state index is 5.31. The van der Waals surface area contributed by atoms with Crippen LogP contribution in [0.25, 0.3) is 0 Å². The molecule has 0 aliphatic heterocycles. The fraction of sp³-hybridized carbons (Fsp3) is 0.455. The zero-order valence-electron chi connectivity index (χ0n) is 9.34. The van der Waals surface area contributed by atoms with Gasteiger partial charge >= 0.3 is 0 Å². The van der Waals surface area contributed by atoms with E-state index in [1.54, 1.807) is 14.2 Å². The van der Waals surface area contributed by atoms with Crippen molar-refractivity contribution in [1.29, 1.82) is 0 Å². The Balaban J connectivity index is 3.10. The molecule has 0 aliphatic rings. The lowest BCUT2D eigenvalue weighted by molar-refractivity contribution is -0.413. The molecule has 0 spiro atoms. The highest BCUT2D eigenvalue weighted by Gasteiger charge is 2.11. The maximum Gasteiger partial charge on any atom is 0.133 e. The molecule has 0 radical (unpaired) electrons. The van der Waals surface area contributed by atoms with Gasteiger partial charge in [0, 0.05) is 12.0 Å². The minimum absolute atomic E-state index is 0.352. The van der Waals surface area contributed by atoms with E-state index in [0.29, 0.717) is 6.04 Å². The smallest absolute Gasteiger partial charge is 0.133 e. The van der Waals surface area contributed by atoms with Crippen molar-refractivity contribution in [2.45, 2.75) is 19.4 Å². The first-order valence-electron chi connectivity index (χ1n) is 4.82. The average Bonchev–Trinajstić information content (AvgIpc) is 2.19. The van der Waals surface area contributed by atoms with Gasteiger partial charge in [-0.05, 0) is 35.0 Å². The summed E-state index contributed by atoms with van der Waals surface area (Å²) >= 11 is 3.43. The molecule has 0 saturated heterocycles. The number of quaternary nitrogens is 1. The molecule has 0 saturated carbocycles. The van der Waals surface area contributed by atoms with E-state index in [9.17, 15) is 0 Å².